The fraction of sp³-hybridized carbons (Fsp3) is 0.200. The lowest BCUT2D eigenvalue weighted by Gasteiger charge is -2.15. The number of aryl methyl sites for hydroxylation is 1. The first kappa shape index (κ1) is 17.6. The van der Waals surface area contributed by atoms with Crippen LogP contribution < -0.4 is 10.1 Å². The maximum absolute atomic E-state index is 12.2. The molecule has 8 heteroatoms. The van der Waals surface area contributed by atoms with Gasteiger partial charge >= 0.3 is 5.97 Å². The van der Waals surface area contributed by atoms with Gasteiger partial charge in [0, 0.05) is 9.90 Å². The molecule has 1 heterocycles. The van der Waals surface area contributed by atoms with E-state index in [-0.39, 0.29) is 15.6 Å². The monoisotopic (exact) mass is 373 g/mol. The summed E-state index contributed by atoms with van der Waals surface area (Å²) in [5.41, 5.74) is 0.0533. The summed E-state index contributed by atoms with van der Waals surface area (Å²) in [4.78, 5) is 24.1. The number of carbonyl (C=O) groups is 2. The van der Waals surface area contributed by atoms with Crippen LogP contribution in [0.5, 0.6) is 5.75 Å². The second kappa shape index (κ2) is 7.21. The van der Waals surface area contributed by atoms with Crippen molar-refractivity contribution in [3.63, 3.8) is 0 Å². The van der Waals surface area contributed by atoms with Crippen LogP contribution in [0.1, 0.15) is 22.2 Å². The minimum absolute atomic E-state index is 0.0533. The van der Waals surface area contributed by atoms with Gasteiger partial charge in [0.25, 0.3) is 5.91 Å². The first-order valence-electron chi connectivity index (χ1n) is 6.54. The van der Waals surface area contributed by atoms with Gasteiger partial charge in [-0.25, -0.2) is 4.79 Å². The molecule has 1 aromatic carbocycles. The Kier molecular flexibility index (Phi) is 5.51. The predicted octanol–water partition coefficient (Wildman–Crippen LogP) is 4.47. The van der Waals surface area contributed by atoms with Crippen LogP contribution in [0.15, 0.2) is 24.3 Å². The summed E-state index contributed by atoms with van der Waals surface area (Å²) in [5, 5.41) is 12.7. The smallest absolute Gasteiger partial charge is 0.338 e. The number of carboxylic acids is 1. The quantitative estimate of drug-likeness (QED) is 0.810. The molecule has 0 aliphatic heterocycles. The van der Waals surface area contributed by atoms with Crippen molar-refractivity contribution in [1.29, 1.82) is 0 Å². The number of carboxylic acid groups (broad SMARTS) is 1. The molecule has 122 valence electrons. The Balaban J connectivity index is 2.10. The van der Waals surface area contributed by atoms with Crippen molar-refractivity contribution in [2.75, 3.05) is 5.32 Å². The molecular weight excluding hydrogens is 361 g/mol. The first-order chi connectivity index (χ1) is 10.8. The Morgan fingerprint density at radius 1 is 1.30 bits per heavy atom. The molecule has 2 rings (SSSR count). The van der Waals surface area contributed by atoms with Crippen LogP contribution >= 0.6 is 34.5 Å². The molecule has 1 amide bonds. The van der Waals surface area contributed by atoms with Gasteiger partial charge in [-0.1, -0.05) is 23.2 Å². The van der Waals surface area contributed by atoms with Gasteiger partial charge in [-0.15, -0.1) is 11.3 Å². The standard InChI is InChI=1S/C15H13Cl2NO4S/c1-7-5-10(15(20)21)14(23-7)18-13(19)8(2)22-12-4-3-9(16)6-11(12)17/h3-6,8H,1-2H3,(H,18,19)(H,20,21). The lowest BCUT2D eigenvalue weighted by atomic mass is 10.3. The summed E-state index contributed by atoms with van der Waals surface area (Å²) in [7, 11) is 0. The number of aromatic carboxylic acids is 1. The summed E-state index contributed by atoms with van der Waals surface area (Å²) in [6.45, 7) is 3.31. The third kappa shape index (κ3) is 4.37. The van der Waals surface area contributed by atoms with Gasteiger partial charge in [-0.05, 0) is 38.1 Å². The van der Waals surface area contributed by atoms with Crippen LogP contribution in [-0.4, -0.2) is 23.1 Å². The molecule has 5 nitrogen and oxygen atoms in total. The molecule has 0 radical (unpaired) electrons. The van der Waals surface area contributed by atoms with Crippen molar-refractivity contribution >= 4 is 51.4 Å². The fourth-order valence-corrected chi connectivity index (χ4v) is 3.15. The Labute approximate surface area is 146 Å². The highest BCUT2D eigenvalue weighted by atomic mass is 35.5. The van der Waals surface area contributed by atoms with E-state index < -0.39 is 18.0 Å². The molecule has 0 saturated carbocycles. The normalized spacial score (nSPS) is 11.8. The van der Waals surface area contributed by atoms with Crippen molar-refractivity contribution < 1.29 is 19.4 Å². The predicted molar refractivity (Wildman–Crippen MR) is 91.2 cm³/mol. The topological polar surface area (TPSA) is 75.6 Å². The maximum Gasteiger partial charge on any atom is 0.338 e. The van der Waals surface area contributed by atoms with E-state index in [0.717, 1.165) is 4.88 Å². The first-order valence-corrected chi connectivity index (χ1v) is 8.11. The van der Waals surface area contributed by atoms with Crippen LogP contribution in [0.3, 0.4) is 0 Å². The van der Waals surface area contributed by atoms with Crippen LogP contribution in [0, 0.1) is 6.92 Å². The highest BCUT2D eigenvalue weighted by molar-refractivity contribution is 7.16. The zero-order valence-electron chi connectivity index (χ0n) is 12.2. The average molecular weight is 374 g/mol. The number of ether oxygens (including phenoxy) is 1. The molecule has 2 N–H and O–H groups in total. The van der Waals surface area contributed by atoms with Gasteiger partial charge in [-0.3, -0.25) is 4.79 Å². The minimum atomic E-state index is -1.10. The number of thiophene rings is 1. The molecule has 1 unspecified atom stereocenters. The SMILES string of the molecule is Cc1cc(C(=O)O)c(NC(=O)C(C)Oc2ccc(Cl)cc2Cl)s1. The lowest BCUT2D eigenvalue weighted by molar-refractivity contribution is -0.122. The zero-order chi connectivity index (χ0) is 17.1. The van der Waals surface area contributed by atoms with E-state index in [1.54, 1.807) is 26.0 Å². The van der Waals surface area contributed by atoms with Crippen molar-refractivity contribution in [2.24, 2.45) is 0 Å². The van der Waals surface area contributed by atoms with Crippen LogP contribution in [0.25, 0.3) is 0 Å². The Morgan fingerprint density at radius 3 is 2.61 bits per heavy atom. The van der Waals surface area contributed by atoms with Crippen molar-refractivity contribution in [3.05, 3.63) is 44.8 Å². The number of anilines is 1. The molecular formula is C15H13Cl2NO4S. The largest absolute Gasteiger partial charge is 0.479 e. The van der Waals surface area contributed by atoms with E-state index in [1.807, 2.05) is 0 Å². The van der Waals surface area contributed by atoms with Gasteiger partial charge in [-0.2, -0.15) is 0 Å². The Hall–Kier alpha value is -1.76. The second-order valence-corrected chi connectivity index (χ2v) is 6.83. The van der Waals surface area contributed by atoms with E-state index >= 15 is 0 Å². The number of halogens is 2. The zero-order valence-corrected chi connectivity index (χ0v) is 14.6. The summed E-state index contributed by atoms with van der Waals surface area (Å²) >= 11 is 13.0. The number of rotatable bonds is 5. The van der Waals surface area contributed by atoms with Crippen molar-refractivity contribution in [1.82, 2.24) is 0 Å². The number of amides is 1. The molecule has 0 aliphatic rings. The molecule has 0 spiro atoms. The van der Waals surface area contributed by atoms with E-state index in [1.165, 1.54) is 23.5 Å². The van der Waals surface area contributed by atoms with Gasteiger partial charge in [0.1, 0.15) is 10.8 Å². The second-order valence-electron chi connectivity index (χ2n) is 4.73. The highest BCUT2D eigenvalue weighted by Crippen LogP contribution is 2.30. The maximum atomic E-state index is 12.2. The summed E-state index contributed by atoms with van der Waals surface area (Å²) in [6.07, 6.45) is -0.863. The molecule has 1 atom stereocenters. The van der Waals surface area contributed by atoms with Gasteiger partial charge in [0.05, 0.1) is 10.6 Å². The number of benzene rings is 1. The van der Waals surface area contributed by atoms with Crippen molar-refractivity contribution in [2.45, 2.75) is 20.0 Å². The van der Waals surface area contributed by atoms with Crippen molar-refractivity contribution in [3.8, 4) is 5.75 Å². The summed E-state index contributed by atoms with van der Waals surface area (Å²) in [6, 6.07) is 6.17. The van der Waals surface area contributed by atoms with E-state index in [2.05, 4.69) is 5.32 Å². The number of hydrogen-bond donors (Lipinski definition) is 2. The van der Waals surface area contributed by atoms with Crippen LogP contribution in [0.4, 0.5) is 5.00 Å². The molecule has 0 saturated heterocycles. The average Bonchev–Trinajstić information content (AvgIpc) is 2.82. The number of carbonyl (C=O) groups excluding carboxylic acids is 1. The highest BCUT2D eigenvalue weighted by Gasteiger charge is 2.21. The van der Waals surface area contributed by atoms with E-state index in [9.17, 15) is 9.59 Å². The summed E-state index contributed by atoms with van der Waals surface area (Å²) in [5.74, 6) is -1.25. The van der Waals surface area contributed by atoms with E-state index in [0.29, 0.717) is 10.8 Å². The molecule has 0 bridgehead atoms. The number of nitrogens with one attached hydrogen (secondary N) is 1. The fourth-order valence-electron chi connectivity index (χ4n) is 1.79. The van der Waals surface area contributed by atoms with Crippen LogP contribution in [0.2, 0.25) is 10.0 Å². The molecule has 0 aliphatic carbocycles. The Morgan fingerprint density at radius 2 is 2.00 bits per heavy atom. The molecule has 0 fully saturated rings. The third-order valence-corrected chi connectivity index (χ3v) is 4.39. The number of hydrogen-bond acceptors (Lipinski definition) is 4. The molecule has 2 aromatic rings. The third-order valence-electron chi connectivity index (χ3n) is 2.89. The Bertz CT molecular complexity index is 760. The van der Waals surface area contributed by atoms with Gasteiger partial charge in [0.2, 0.25) is 0 Å². The van der Waals surface area contributed by atoms with Gasteiger partial charge in [0.15, 0.2) is 6.10 Å². The van der Waals surface area contributed by atoms with Gasteiger partial charge < -0.3 is 15.2 Å². The van der Waals surface area contributed by atoms with E-state index in [4.69, 9.17) is 33.0 Å². The minimum Gasteiger partial charge on any atom is -0.479 e. The molecule has 23 heavy (non-hydrogen) atoms. The molecule has 1 aromatic heterocycles. The lowest BCUT2D eigenvalue weighted by Crippen LogP contribution is -2.30. The summed E-state index contributed by atoms with van der Waals surface area (Å²) < 4.78 is 5.50. The van der Waals surface area contributed by atoms with Crippen LogP contribution in [-0.2, 0) is 4.79 Å².